The van der Waals surface area contributed by atoms with Crippen molar-refractivity contribution in [2.24, 2.45) is 5.10 Å². The largest absolute Gasteiger partial charge is 0.317 e. The Labute approximate surface area is 139 Å². The summed E-state index contributed by atoms with van der Waals surface area (Å²) in [6.07, 6.45) is 1.69. The maximum Gasteiger partial charge on any atom is 0.254 e. The molecule has 1 aliphatic heterocycles. The minimum Gasteiger partial charge on any atom is -0.317 e. The third kappa shape index (κ3) is 3.62. The molecule has 23 heavy (non-hydrogen) atoms. The molecule has 0 unspecified atom stereocenters. The Balaban J connectivity index is 1.85. The summed E-state index contributed by atoms with van der Waals surface area (Å²) in [6, 6.07) is 10.0. The van der Waals surface area contributed by atoms with E-state index in [-0.39, 0.29) is 5.91 Å². The average Bonchev–Trinajstić information content (AvgIpc) is 3.09. The van der Waals surface area contributed by atoms with Gasteiger partial charge in [0.15, 0.2) is 5.16 Å². The van der Waals surface area contributed by atoms with Crippen LogP contribution in [0.5, 0.6) is 0 Å². The van der Waals surface area contributed by atoms with Gasteiger partial charge in [-0.05, 0) is 14.1 Å². The van der Waals surface area contributed by atoms with Gasteiger partial charge >= 0.3 is 0 Å². The fourth-order valence-corrected chi connectivity index (χ4v) is 3.38. The molecule has 6 nitrogen and oxygen atoms in total. The lowest BCUT2D eigenvalue weighted by atomic mass is 10.1. The van der Waals surface area contributed by atoms with E-state index < -0.39 is 0 Å². The quantitative estimate of drug-likeness (QED) is 0.669. The van der Waals surface area contributed by atoms with Gasteiger partial charge in [0.1, 0.15) is 0 Å². The first kappa shape index (κ1) is 15.8. The molecule has 120 valence electrons. The number of nitrogens with zero attached hydrogens (tertiary/aromatic N) is 4. The second-order valence-corrected chi connectivity index (χ2v) is 6.59. The van der Waals surface area contributed by atoms with Gasteiger partial charge in [0.05, 0.1) is 24.1 Å². The zero-order valence-corrected chi connectivity index (χ0v) is 14.0. The first-order valence-corrected chi connectivity index (χ1v) is 8.39. The van der Waals surface area contributed by atoms with Crippen molar-refractivity contribution in [3.05, 3.63) is 36.0 Å². The number of aromatic nitrogens is 2. The van der Waals surface area contributed by atoms with E-state index in [4.69, 9.17) is 4.98 Å². The molecule has 0 radical (unpaired) electrons. The van der Waals surface area contributed by atoms with Gasteiger partial charge in [-0.1, -0.05) is 42.1 Å². The zero-order valence-electron chi connectivity index (χ0n) is 13.2. The molecule has 3 rings (SSSR count). The summed E-state index contributed by atoms with van der Waals surface area (Å²) in [7, 11) is 3.69. The van der Waals surface area contributed by atoms with Gasteiger partial charge in [0.2, 0.25) is 0 Å². The van der Waals surface area contributed by atoms with Crippen molar-refractivity contribution in [1.29, 1.82) is 0 Å². The van der Waals surface area contributed by atoms with Crippen LogP contribution < -0.4 is 5.43 Å². The number of carbonyl (C=O) groups excluding carboxylic acids is 1. The van der Waals surface area contributed by atoms with Crippen LogP contribution in [0.3, 0.4) is 0 Å². The number of imidazole rings is 1. The van der Waals surface area contributed by atoms with E-state index in [1.54, 1.807) is 22.9 Å². The number of nitrogens with one attached hydrogen (secondary N) is 1. The van der Waals surface area contributed by atoms with E-state index in [2.05, 4.69) is 15.1 Å². The molecule has 1 N–H and O–H groups in total. The molecule has 0 aliphatic carbocycles. The standard InChI is InChI=1S/C16H19N5OS/c1-20(2)11-14(22)19-17-10-13-15(12-6-4-3-5-7-12)18-16-21(13)8-9-23-16/h3-7,10H,8-9,11H2,1-2H3,(H,19,22)/b17-10+. The van der Waals surface area contributed by atoms with Crippen LogP contribution in [0.2, 0.25) is 0 Å². The predicted octanol–water partition coefficient (Wildman–Crippen LogP) is 1.67. The monoisotopic (exact) mass is 329 g/mol. The summed E-state index contributed by atoms with van der Waals surface area (Å²) in [5, 5.41) is 5.11. The Bertz CT molecular complexity index is 724. The molecule has 0 fully saturated rings. The maximum atomic E-state index is 11.7. The van der Waals surface area contributed by atoms with Crippen LogP contribution >= 0.6 is 11.8 Å². The van der Waals surface area contributed by atoms with Gasteiger partial charge in [-0.2, -0.15) is 5.10 Å². The van der Waals surface area contributed by atoms with Gasteiger partial charge in [0, 0.05) is 17.9 Å². The number of hydrogen-bond donors (Lipinski definition) is 1. The predicted molar refractivity (Wildman–Crippen MR) is 92.7 cm³/mol. The summed E-state index contributed by atoms with van der Waals surface area (Å²) in [6.45, 7) is 1.22. The lowest BCUT2D eigenvalue weighted by Crippen LogP contribution is -2.30. The molecule has 0 bridgehead atoms. The Morgan fingerprint density at radius 2 is 2.22 bits per heavy atom. The molecule has 1 aromatic heterocycles. The van der Waals surface area contributed by atoms with Crippen molar-refractivity contribution >= 4 is 23.9 Å². The number of rotatable bonds is 5. The summed E-state index contributed by atoms with van der Waals surface area (Å²) in [5.41, 5.74) is 5.45. The molecule has 1 aliphatic rings. The highest BCUT2D eigenvalue weighted by molar-refractivity contribution is 7.99. The number of hydrazone groups is 1. The fourth-order valence-electron chi connectivity index (χ4n) is 2.43. The van der Waals surface area contributed by atoms with Crippen LogP contribution in [0.4, 0.5) is 0 Å². The molecule has 7 heteroatoms. The highest BCUT2D eigenvalue weighted by atomic mass is 32.2. The molecule has 0 spiro atoms. The molecular formula is C16H19N5OS. The first-order chi connectivity index (χ1) is 11.1. The van der Waals surface area contributed by atoms with Gasteiger partial charge in [-0.3, -0.25) is 4.79 Å². The van der Waals surface area contributed by atoms with Crippen molar-refractivity contribution in [1.82, 2.24) is 19.9 Å². The van der Waals surface area contributed by atoms with Crippen LogP contribution in [0, 0.1) is 0 Å². The van der Waals surface area contributed by atoms with Gasteiger partial charge in [0.25, 0.3) is 5.91 Å². The molecule has 0 saturated heterocycles. The third-order valence-electron chi connectivity index (χ3n) is 3.40. The van der Waals surface area contributed by atoms with E-state index >= 15 is 0 Å². The van der Waals surface area contributed by atoms with E-state index in [0.29, 0.717) is 6.54 Å². The van der Waals surface area contributed by atoms with Crippen LogP contribution in [0.25, 0.3) is 11.3 Å². The third-order valence-corrected chi connectivity index (χ3v) is 4.36. The minimum absolute atomic E-state index is 0.136. The van der Waals surface area contributed by atoms with Gasteiger partial charge < -0.3 is 9.47 Å². The Morgan fingerprint density at radius 3 is 2.96 bits per heavy atom. The van der Waals surface area contributed by atoms with Gasteiger partial charge in [-0.15, -0.1) is 0 Å². The topological polar surface area (TPSA) is 62.5 Å². The highest BCUT2D eigenvalue weighted by Gasteiger charge is 2.21. The molecule has 1 amide bonds. The number of carbonyl (C=O) groups is 1. The second-order valence-electron chi connectivity index (χ2n) is 5.53. The van der Waals surface area contributed by atoms with E-state index in [1.165, 1.54) is 0 Å². The van der Waals surface area contributed by atoms with Crippen molar-refractivity contribution in [2.45, 2.75) is 11.7 Å². The van der Waals surface area contributed by atoms with Crippen LogP contribution in [-0.2, 0) is 11.3 Å². The number of hydrogen-bond acceptors (Lipinski definition) is 5. The van der Waals surface area contributed by atoms with Crippen molar-refractivity contribution in [2.75, 3.05) is 26.4 Å². The highest BCUT2D eigenvalue weighted by Crippen LogP contribution is 2.32. The maximum absolute atomic E-state index is 11.7. The van der Waals surface area contributed by atoms with Crippen LogP contribution in [0.1, 0.15) is 5.69 Å². The Morgan fingerprint density at radius 1 is 1.43 bits per heavy atom. The van der Waals surface area contributed by atoms with Crippen molar-refractivity contribution < 1.29 is 4.79 Å². The Kier molecular flexibility index (Phi) is 4.78. The smallest absolute Gasteiger partial charge is 0.254 e. The van der Waals surface area contributed by atoms with Crippen LogP contribution in [-0.4, -0.2) is 53.0 Å². The number of thioether (sulfide) groups is 1. The molecule has 0 atom stereocenters. The first-order valence-electron chi connectivity index (χ1n) is 7.40. The van der Waals surface area contributed by atoms with E-state index in [9.17, 15) is 4.79 Å². The molecular weight excluding hydrogens is 310 g/mol. The minimum atomic E-state index is -0.136. The molecule has 1 aromatic carbocycles. The lowest BCUT2D eigenvalue weighted by Gasteiger charge is -2.07. The average molecular weight is 329 g/mol. The second kappa shape index (κ2) is 6.97. The molecule has 0 saturated carbocycles. The Hall–Kier alpha value is -2.12. The number of likely N-dealkylation sites (N-methyl/N-ethyl adjacent to an activating group) is 1. The van der Waals surface area contributed by atoms with E-state index in [0.717, 1.165) is 34.4 Å². The molecule has 2 heterocycles. The van der Waals surface area contributed by atoms with Crippen LogP contribution in [0.15, 0.2) is 40.6 Å². The normalized spacial score (nSPS) is 13.7. The van der Waals surface area contributed by atoms with Crippen molar-refractivity contribution in [3.8, 4) is 11.3 Å². The van der Waals surface area contributed by atoms with E-state index in [1.807, 2.05) is 44.4 Å². The summed E-state index contributed by atoms with van der Waals surface area (Å²) < 4.78 is 2.15. The SMILES string of the molecule is CN(C)CC(=O)N/N=C/c1c(-c2ccccc2)nc2n1CCS2. The lowest BCUT2D eigenvalue weighted by molar-refractivity contribution is -0.121. The van der Waals surface area contributed by atoms with Crippen molar-refractivity contribution in [3.63, 3.8) is 0 Å². The molecule has 2 aromatic rings. The fraction of sp³-hybridized carbons (Fsp3) is 0.312. The van der Waals surface area contributed by atoms with Gasteiger partial charge in [-0.25, -0.2) is 10.4 Å². The summed E-state index contributed by atoms with van der Waals surface area (Å²) in [5.74, 6) is 0.883. The zero-order chi connectivity index (χ0) is 16.2. The number of benzene rings is 1. The summed E-state index contributed by atoms with van der Waals surface area (Å²) >= 11 is 1.74. The summed E-state index contributed by atoms with van der Waals surface area (Å²) in [4.78, 5) is 18.2. The number of fused-ring (bicyclic) bond motifs is 1. The number of amides is 1.